The van der Waals surface area contributed by atoms with Crippen molar-refractivity contribution in [1.29, 1.82) is 0 Å². The summed E-state index contributed by atoms with van der Waals surface area (Å²) in [6, 6.07) is 7.55. The monoisotopic (exact) mass is 283 g/mol. The molecule has 1 N–H and O–H groups in total. The van der Waals surface area contributed by atoms with Gasteiger partial charge in [-0.25, -0.2) is 0 Å². The van der Waals surface area contributed by atoms with Gasteiger partial charge in [0.2, 0.25) is 0 Å². The second-order valence-electron chi connectivity index (χ2n) is 4.02. The Bertz CT molecular complexity index is 377. The van der Waals surface area contributed by atoms with E-state index in [1.807, 2.05) is 24.3 Å². The largest absolute Gasteiger partial charge is 0.391 e. The number of β-amino-alcohol motifs (C(OH)–C–C–N with tert-alkyl or cyclic N) is 1. The average Bonchev–Trinajstić information content (AvgIpc) is 2.75. The zero-order valence-electron chi connectivity index (χ0n) is 8.90. The number of carbonyl (C=O) groups is 1. The van der Waals surface area contributed by atoms with Crippen LogP contribution >= 0.6 is 15.9 Å². The van der Waals surface area contributed by atoms with Crippen molar-refractivity contribution in [3.63, 3.8) is 0 Å². The van der Waals surface area contributed by atoms with Gasteiger partial charge in [-0.05, 0) is 24.1 Å². The molecule has 1 saturated heterocycles. The molecule has 0 bridgehead atoms. The van der Waals surface area contributed by atoms with Gasteiger partial charge in [-0.1, -0.05) is 28.1 Å². The molecule has 1 heterocycles. The van der Waals surface area contributed by atoms with Crippen LogP contribution in [0.15, 0.2) is 24.3 Å². The van der Waals surface area contributed by atoms with Crippen LogP contribution in [0.5, 0.6) is 0 Å². The molecular formula is C12H14BrNO2. The molecule has 0 aliphatic carbocycles. The van der Waals surface area contributed by atoms with E-state index in [-0.39, 0.29) is 12.0 Å². The number of likely N-dealkylation sites (tertiary alicyclic amines) is 1. The molecule has 1 atom stereocenters. The van der Waals surface area contributed by atoms with Gasteiger partial charge in [-0.2, -0.15) is 0 Å². The van der Waals surface area contributed by atoms with E-state index in [9.17, 15) is 9.90 Å². The van der Waals surface area contributed by atoms with Gasteiger partial charge in [0.25, 0.3) is 5.91 Å². The fourth-order valence-electron chi connectivity index (χ4n) is 1.85. The molecule has 1 aliphatic rings. The number of hydrogen-bond donors (Lipinski definition) is 1. The zero-order valence-corrected chi connectivity index (χ0v) is 10.5. The molecule has 0 spiro atoms. The number of alkyl halides is 1. The summed E-state index contributed by atoms with van der Waals surface area (Å²) in [5.41, 5.74) is 1.84. The average molecular weight is 284 g/mol. The van der Waals surface area contributed by atoms with Crippen LogP contribution in [0.1, 0.15) is 22.3 Å². The Balaban J connectivity index is 2.08. The third-order valence-electron chi connectivity index (χ3n) is 2.81. The maximum absolute atomic E-state index is 12.0. The summed E-state index contributed by atoms with van der Waals surface area (Å²) in [4.78, 5) is 13.7. The third kappa shape index (κ3) is 2.44. The van der Waals surface area contributed by atoms with E-state index in [2.05, 4.69) is 15.9 Å². The van der Waals surface area contributed by atoms with E-state index in [0.717, 1.165) is 10.9 Å². The normalized spacial score (nSPS) is 20.1. The standard InChI is InChI=1S/C12H14BrNO2/c13-7-9-1-3-10(4-2-9)12(16)14-6-5-11(15)8-14/h1-4,11,15H,5-8H2. The summed E-state index contributed by atoms with van der Waals surface area (Å²) in [5, 5.41) is 10.2. The number of aliphatic hydroxyl groups is 1. The second kappa shape index (κ2) is 4.97. The van der Waals surface area contributed by atoms with Crippen LogP contribution in [0, 0.1) is 0 Å². The Morgan fingerprint density at radius 2 is 2.12 bits per heavy atom. The van der Waals surface area contributed by atoms with E-state index in [1.165, 1.54) is 0 Å². The van der Waals surface area contributed by atoms with E-state index >= 15 is 0 Å². The fourth-order valence-corrected chi connectivity index (χ4v) is 2.22. The van der Waals surface area contributed by atoms with Crippen molar-refractivity contribution in [1.82, 2.24) is 4.90 Å². The first kappa shape index (κ1) is 11.6. The summed E-state index contributed by atoms with van der Waals surface area (Å²) in [6.07, 6.45) is 0.330. The van der Waals surface area contributed by atoms with Crippen molar-refractivity contribution in [3.05, 3.63) is 35.4 Å². The van der Waals surface area contributed by atoms with Crippen molar-refractivity contribution in [2.45, 2.75) is 17.9 Å². The van der Waals surface area contributed by atoms with Gasteiger partial charge in [0.05, 0.1) is 6.10 Å². The van der Waals surface area contributed by atoms with Crippen LogP contribution in [-0.2, 0) is 5.33 Å². The minimum absolute atomic E-state index is 0.0117. The molecule has 1 unspecified atom stereocenters. The molecule has 0 aromatic heterocycles. The quantitative estimate of drug-likeness (QED) is 0.841. The molecule has 0 radical (unpaired) electrons. The zero-order chi connectivity index (χ0) is 11.5. The lowest BCUT2D eigenvalue weighted by Crippen LogP contribution is -2.29. The molecule has 1 amide bonds. The van der Waals surface area contributed by atoms with Gasteiger partial charge >= 0.3 is 0 Å². The number of hydrogen-bond acceptors (Lipinski definition) is 2. The number of benzene rings is 1. The van der Waals surface area contributed by atoms with Gasteiger partial charge in [-0.3, -0.25) is 4.79 Å². The Morgan fingerprint density at radius 1 is 1.44 bits per heavy atom. The van der Waals surface area contributed by atoms with Gasteiger partial charge in [-0.15, -0.1) is 0 Å². The van der Waals surface area contributed by atoms with Crippen LogP contribution in [0.25, 0.3) is 0 Å². The van der Waals surface area contributed by atoms with Crippen LogP contribution in [-0.4, -0.2) is 35.1 Å². The van der Waals surface area contributed by atoms with Gasteiger partial charge < -0.3 is 10.0 Å². The van der Waals surface area contributed by atoms with Crippen molar-refractivity contribution < 1.29 is 9.90 Å². The van der Waals surface area contributed by atoms with Crippen molar-refractivity contribution in [2.75, 3.05) is 13.1 Å². The highest BCUT2D eigenvalue weighted by atomic mass is 79.9. The molecule has 2 rings (SSSR count). The first-order valence-electron chi connectivity index (χ1n) is 5.33. The van der Waals surface area contributed by atoms with Crippen LogP contribution in [0.4, 0.5) is 0 Å². The molecule has 1 aromatic carbocycles. The number of nitrogens with zero attached hydrogens (tertiary/aromatic N) is 1. The number of halogens is 1. The SMILES string of the molecule is O=C(c1ccc(CBr)cc1)N1CCC(O)C1. The molecule has 1 aliphatic heterocycles. The summed E-state index contributed by atoms with van der Waals surface area (Å²) in [5.74, 6) is 0.0117. The molecule has 16 heavy (non-hydrogen) atoms. The summed E-state index contributed by atoms with van der Waals surface area (Å²) in [6.45, 7) is 1.11. The fraction of sp³-hybridized carbons (Fsp3) is 0.417. The minimum atomic E-state index is -0.356. The van der Waals surface area contributed by atoms with Crippen molar-refractivity contribution in [3.8, 4) is 0 Å². The molecule has 1 aromatic rings. The first-order chi connectivity index (χ1) is 7.70. The van der Waals surface area contributed by atoms with Gasteiger partial charge in [0.1, 0.15) is 0 Å². The van der Waals surface area contributed by atoms with Gasteiger partial charge in [0, 0.05) is 24.0 Å². The molecule has 86 valence electrons. The molecule has 1 fully saturated rings. The number of rotatable bonds is 2. The first-order valence-corrected chi connectivity index (χ1v) is 6.45. The Labute approximate surface area is 103 Å². The van der Waals surface area contributed by atoms with E-state index < -0.39 is 0 Å². The van der Waals surface area contributed by atoms with Gasteiger partial charge in [0.15, 0.2) is 0 Å². The summed E-state index contributed by atoms with van der Waals surface area (Å²) >= 11 is 3.36. The molecule has 3 nitrogen and oxygen atoms in total. The van der Waals surface area contributed by atoms with E-state index in [0.29, 0.717) is 25.1 Å². The second-order valence-corrected chi connectivity index (χ2v) is 4.58. The number of amides is 1. The molecule has 0 saturated carbocycles. The summed E-state index contributed by atoms with van der Waals surface area (Å²) in [7, 11) is 0. The number of carbonyl (C=O) groups excluding carboxylic acids is 1. The smallest absolute Gasteiger partial charge is 0.253 e. The lowest BCUT2D eigenvalue weighted by Gasteiger charge is -2.15. The predicted octanol–water partition coefficient (Wildman–Crippen LogP) is 1.79. The maximum atomic E-state index is 12.0. The Hall–Kier alpha value is -0.870. The number of aliphatic hydroxyl groups excluding tert-OH is 1. The minimum Gasteiger partial charge on any atom is -0.391 e. The highest BCUT2D eigenvalue weighted by Gasteiger charge is 2.25. The highest BCUT2D eigenvalue weighted by Crippen LogP contribution is 2.14. The predicted molar refractivity (Wildman–Crippen MR) is 65.6 cm³/mol. The van der Waals surface area contributed by atoms with Crippen molar-refractivity contribution in [2.24, 2.45) is 0 Å². The maximum Gasteiger partial charge on any atom is 0.253 e. The topological polar surface area (TPSA) is 40.5 Å². The molecular weight excluding hydrogens is 270 g/mol. The lowest BCUT2D eigenvalue weighted by atomic mass is 10.1. The third-order valence-corrected chi connectivity index (χ3v) is 3.45. The van der Waals surface area contributed by atoms with Crippen LogP contribution in [0.3, 0.4) is 0 Å². The highest BCUT2D eigenvalue weighted by molar-refractivity contribution is 9.08. The van der Waals surface area contributed by atoms with Crippen LogP contribution in [0.2, 0.25) is 0 Å². The summed E-state index contributed by atoms with van der Waals surface area (Å²) < 4.78 is 0. The van der Waals surface area contributed by atoms with Crippen molar-refractivity contribution >= 4 is 21.8 Å². The molecule has 4 heteroatoms. The Morgan fingerprint density at radius 3 is 2.62 bits per heavy atom. The van der Waals surface area contributed by atoms with E-state index in [4.69, 9.17) is 0 Å². The Kier molecular flexibility index (Phi) is 3.61. The van der Waals surface area contributed by atoms with Crippen LogP contribution < -0.4 is 0 Å². The lowest BCUT2D eigenvalue weighted by molar-refractivity contribution is 0.0765. The van der Waals surface area contributed by atoms with E-state index in [1.54, 1.807) is 4.90 Å².